The van der Waals surface area contributed by atoms with E-state index < -0.39 is 12.6 Å². The first-order valence-corrected chi connectivity index (χ1v) is 8.39. The van der Waals surface area contributed by atoms with Gasteiger partial charge in [0, 0.05) is 0 Å². The van der Waals surface area contributed by atoms with Crippen molar-refractivity contribution >= 4 is 17.9 Å². The topological polar surface area (TPSA) is 66.3 Å². The highest BCUT2D eigenvalue weighted by Gasteiger charge is 2.26. The van der Waals surface area contributed by atoms with Crippen LogP contribution in [0.2, 0.25) is 0 Å². The Morgan fingerprint density at radius 3 is 2.64 bits per heavy atom. The third-order valence-corrected chi connectivity index (χ3v) is 3.74. The molecule has 0 radical (unpaired) electrons. The molecule has 0 aliphatic carbocycles. The summed E-state index contributed by atoms with van der Waals surface area (Å²) in [6.07, 6.45) is 1.47. The zero-order valence-corrected chi connectivity index (χ0v) is 15.1. The van der Waals surface area contributed by atoms with Gasteiger partial charge in [-0.05, 0) is 42.8 Å². The van der Waals surface area contributed by atoms with Crippen molar-refractivity contribution in [1.82, 2.24) is 0 Å². The standard InChI is InChI=1S/C20H17F2NO5/c1-3-26-15-7-5-4-6-13(15)18-23-14(19(24)28-18)10-12-8-9-16(27-20(21)22)17(11-12)25-2/h4-11,20H,3H2,1-2H3/b14-10+. The van der Waals surface area contributed by atoms with Gasteiger partial charge in [-0.25, -0.2) is 9.79 Å². The summed E-state index contributed by atoms with van der Waals surface area (Å²) < 4.78 is 45.1. The van der Waals surface area contributed by atoms with Gasteiger partial charge in [0.2, 0.25) is 5.90 Å². The molecule has 0 spiro atoms. The number of carbonyl (C=O) groups is 1. The lowest BCUT2D eigenvalue weighted by molar-refractivity contribution is -0.129. The quantitative estimate of drug-likeness (QED) is 0.528. The summed E-state index contributed by atoms with van der Waals surface area (Å²) in [6.45, 7) is -0.673. The molecule has 0 saturated heterocycles. The number of esters is 1. The first kappa shape index (κ1) is 19.3. The molecular formula is C20H17F2NO5. The molecule has 6 nitrogen and oxygen atoms in total. The number of nitrogens with zero attached hydrogens (tertiary/aromatic N) is 1. The van der Waals surface area contributed by atoms with E-state index in [4.69, 9.17) is 14.2 Å². The maximum atomic E-state index is 12.4. The van der Waals surface area contributed by atoms with Crippen molar-refractivity contribution in [1.29, 1.82) is 0 Å². The van der Waals surface area contributed by atoms with Crippen molar-refractivity contribution in [2.24, 2.45) is 4.99 Å². The summed E-state index contributed by atoms with van der Waals surface area (Å²) in [7, 11) is 1.33. The Morgan fingerprint density at radius 2 is 1.93 bits per heavy atom. The number of para-hydroxylation sites is 1. The molecule has 28 heavy (non-hydrogen) atoms. The molecule has 8 heteroatoms. The third kappa shape index (κ3) is 4.28. The fraction of sp³-hybridized carbons (Fsp3) is 0.200. The Kier molecular flexibility index (Phi) is 5.88. The predicted octanol–water partition coefficient (Wildman–Crippen LogP) is 4.04. The molecule has 0 atom stereocenters. The highest BCUT2D eigenvalue weighted by Crippen LogP contribution is 2.31. The minimum Gasteiger partial charge on any atom is -0.493 e. The maximum Gasteiger partial charge on any atom is 0.387 e. The molecule has 0 aromatic heterocycles. The summed E-state index contributed by atoms with van der Waals surface area (Å²) in [4.78, 5) is 16.4. The minimum atomic E-state index is -2.97. The molecular weight excluding hydrogens is 372 g/mol. The molecule has 0 N–H and O–H groups in total. The number of ether oxygens (including phenoxy) is 4. The van der Waals surface area contributed by atoms with Crippen LogP contribution in [-0.4, -0.2) is 32.2 Å². The Hall–Kier alpha value is -3.42. The van der Waals surface area contributed by atoms with Crippen LogP contribution in [-0.2, 0) is 9.53 Å². The summed E-state index contributed by atoms with van der Waals surface area (Å²) in [5.41, 5.74) is 1.12. The van der Waals surface area contributed by atoms with Crippen molar-refractivity contribution in [2.75, 3.05) is 13.7 Å². The van der Waals surface area contributed by atoms with Crippen molar-refractivity contribution in [2.45, 2.75) is 13.5 Å². The van der Waals surface area contributed by atoms with E-state index in [9.17, 15) is 13.6 Å². The number of hydrogen-bond acceptors (Lipinski definition) is 6. The van der Waals surface area contributed by atoms with Gasteiger partial charge >= 0.3 is 12.6 Å². The van der Waals surface area contributed by atoms with Crippen LogP contribution in [0.4, 0.5) is 8.78 Å². The van der Waals surface area contributed by atoms with E-state index >= 15 is 0 Å². The largest absolute Gasteiger partial charge is 0.493 e. The second kappa shape index (κ2) is 8.51. The average molecular weight is 389 g/mol. The number of aliphatic imine (C=N–C) groups is 1. The van der Waals surface area contributed by atoms with Crippen LogP contribution >= 0.6 is 0 Å². The van der Waals surface area contributed by atoms with E-state index in [1.54, 1.807) is 24.3 Å². The Bertz CT molecular complexity index is 940. The molecule has 146 valence electrons. The molecule has 0 fully saturated rings. The zero-order chi connectivity index (χ0) is 20.1. The number of carbonyl (C=O) groups excluding carboxylic acids is 1. The molecule has 2 aromatic carbocycles. The number of hydrogen-bond donors (Lipinski definition) is 0. The average Bonchev–Trinajstić information content (AvgIpc) is 3.03. The van der Waals surface area contributed by atoms with E-state index in [2.05, 4.69) is 9.73 Å². The van der Waals surface area contributed by atoms with Crippen LogP contribution < -0.4 is 14.2 Å². The van der Waals surface area contributed by atoms with Crippen LogP contribution in [0.3, 0.4) is 0 Å². The number of methoxy groups -OCH3 is 1. The number of alkyl halides is 2. The Labute approximate surface area is 160 Å². The predicted molar refractivity (Wildman–Crippen MR) is 97.8 cm³/mol. The molecule has 1 aliphatic heterocycles. The monoisotopic (exact) mass is 389 g/mol. The van der Waals surface area contributed by atoms with E-state index in [0.29, 0.717) is 23.5 Å². The molecule has 2 aromatic rings. The highest BCUT2D eigenvalue weighted by atomic mass is 19.3. The van der Waals surface area contributed by atoms with E-state index in [0.717, 1.165) is 0 Å². The summed E-state index contributed by atoms with van der Waals surface area (Å²) in [5, 5.41) is 0. The second-order valence-corrected chi connectivity index (χ2v) is 5.55. The van der Waals surface area contributed by atoms with Crippen molar-refractivity contribution in [3.63, 3.8) is 0 Å². The van der Waals surface area contributed by atoms with E-state index in [1.165, 1.54) is 31.4 Å². The SMILES string of the molecule is CCOc1ccccc1C1=N/C(=C/c2ccc(OC(F)F)c(OC)c2)C(=O)O1. The lowest BCUT2D eigenvalue weighted by Gasteiger charge is -2.10. The van der Waals surface area contributed by atoms with Crippen molar-refractivity contribution in [3.8, 4) is 17.2 Å². The van der Waals surface area contributed by atoms with Crippen molar-refractivity contribution in [3.05, 3.63) is 59.3 Å². The number of cyclic esters (lactones) is 1. The van der Waals surface area contributed by atoms with Gasteiger partial charge in [-0.3, -0.25) is 0 Å². The highest BCUT2D eigenvalue weighted by molar-refractivity contribution is 6.13. The molecule has 3 rings (SSSR count). The van der Waals surface area contributed by atoms with E-state index in [-0.39, 0.29) is 23.1 Å². The van der Waals surface area contributed by atoms with Gasteiger partial charge in [0.25, 0.3) is 0 Å². The lowest BCUT2D eigenvalue weighted by Crippen LogP contribution is -2.07. The Balaban J connectivity index is 1.92. The molecule has 0 saturated carbocycles. The van der Waals surface area contributed by atoms with Gasteiger partial charge in [-0.2, -0.15) is 8.78 Å². The maximum absolute atomic E-state index is 12.4. The van der Waals surface area contributed by atoms with Gasteiger partial charge in [0.05, 0.1) is 19.3 Å². The summed E-state index contributed by atoms with van der Waals surface area (Å²) in [6, 6.07) is 11.4. The normalized spacial score (nSPS) is 14.8. The molecule has 1 aliphatic rings. The Morgan fingerprint density at radius 1 is 1.14 bits per heavy atom. The summed E-state index contributed by atoms with van der Waals surface area (Å²) >= 11 is 0. The van der Waals surface area contributed by atoms with Crippen LogP contribution in [0, 0.1) is 0 Å². The minimum absolute atomic E-state index is 0.0610. The van der Waals surface area contributed by atoms with Crippen molar-refractivity contribution < 1.29 is 32.5 Å². The second-order valence-electron chi connectivity index (χ2n) is 5.55. The molecule has 0 unspecified atom stereocenters. The fourth-order valence-electron chi connectivity index (χ4n) is 2.57. The van der Waals surface area contributed by atoms with Crippen LogP contribution in [0.1, 0.15) is 18.1 Å². The molecule has 0 bridgehead atoms. The van der Waals surface area contributed by atoms with Gasteiger partial charge in [-0.1, -0.05) is 18.2 Å². The van der Waals surface area contributed by atoms with Crippen LogP contribution in [0.25, 0.3) is 6.08 Å². The number of benzene rings is 2. The van der Waals surface area contributed by atoms with Gasteiger partial charge in [0.15, 0.2) is 17.2 Å². The van der Waals surface area contributed by atoms with Crippen LogP contribution in [0.5, 0.6) is 17.2 Å². The number of rotatable bonds is 7. The zero-order valence-electron chi connectivity index (χ0n) is 15.1. The number of halogens is 2. The smallest absolute Gasteiger partial charge is 0.387 e. The lowest BCUT2D eigenvalue weighted by atomic mass is 10.1. The molecule has 0 amide bonds. The molecule has 1 heterocycles. The fourth-order valence-corrected chi connectivity index (χ4v) is 2.57. The van der Waals surface area contributed by atoms with E-state index in [1.807, 2.05) is 6.92 Å². The first-order chi connectivity index (χ1) is 13.5. The van der Waals surface area contributed by atoms with Gasteiger partial charge in [-0.15, -0.1) is 0 Å². The summed E-state index contributed by atoms with van der Waals surface area (Å²) in [5.74, 6) is 0.0430. The van der Waals surface area contributed by atoms with Gasteiger partial charge < -0.3 is 18.9 Å². The van der Waals surface area contributed by atoms with Crippen LogP contribution in [0.15, 0.2) is 53.2 Å². The third-order valence-electron chi connectivity index (χ3n) is 3.74. The van der Waals surface area contributed by atoms with Gasteiger partial charge in [0.1, 0.15) is 5.75 Å². The first-order valence-electron chi connectivity index (χ1n) is 8.39.